The van der Waals surface area contributed by atoms with Gasteiger partial charge in [0.25, 0.3) is 0 Å². The number of Topliss-reactive ketones (excluding diaryl/α,β-unsaturated/α-hetero) is 1. The molecule has 1 saturated carbocycles. The standard InChI is InChI=1S/C20H23N5O2S/c1-23-15-4-2-3-5-18(15)28-20(23)14(10-21)17(26)12-24-8-9-25(13-6-7-13)16(11-24)19(22)27/h2-5,13,16H,6-9,11-12H2,1H3,(H2,22,27)/b20-14-. The Labute approximate surface area is 168 Å². The molecule has 7 nitrogen and oxygen atoms in total. The van der Waals surface area contributed by atoms with Gasteiger partial charge in [0.2, 0.25) is 5.91 Å². The number of primary amides is 1. The molecule has 2 aliphatic heterocycles. The summed E-state index contributed by atoms with van der Waals surface area (Å²) in [6.45, 7) is 1.99. The van der Waals surface area contributed by atoms with E-state index in [0.717, 1.165) is 30.0 Å². The van der Waals surface area contributed by atoms with Crippen molar-refractivity contribution in [3.63, 3.8) is 0 Å². The lowest BCUT2D eigenvalue weighted by molar-refractivity contribution is -0.127. The van der Waals surface area contributed by atoms with Crippen LogP contribution in [0.4, 0.5) is 5.69 Å². The van der Waals surface area contributed by atoms with Gasteiger partial charge in [0.1, 0.15) is 22.7 Å². The first kappa shape index (κ1) is 19.0. The summed E-state index contributed by atoms with van der Waals surface area (Å²) in [5.41, 5.74) is 6.77. The molecule has 0 aromatic heterocycles. The van der Waals surface area contributed by atoms with E-state index in [1.165, 1.54) is 11.8 Å². The van der Waals surface area contributed by atoms with Crippen molar-refractivity contribution in [2.24, 2.45) is 5.73 Å². The van der Waals surface area contributed by atoms with Crippen LogP contribution in [0.15, 0.2) is 39.8 Å². The molecule has 0 spiro atoms. The van der Waals surface area contributed by atoms with Gasteiger partial charge in [0, 0.05) is 37.6 Å². The number of piperazine rings is 1. The van der Waals surface area contributed by atoms with Gasteiger partial charge in [0.05, 0.1) is 12.2 Å². The first-order chi connectivity index (χ1) is 13.5. The highest BCUT2D eigenvalue weighted by Crippen LogP contribution is 2.46. The number of rotatable bonds is 5. The lowest BCUT2D eigenvalue weighted by Crippen LogP contribution is -2.59. The van der Waals surface area contributed by atoms with Crippen LogP contribution in [0.2, 0.25) is 0 Å². The molecule has 2 N–H and O–H groups in total. The number of carbonyl (C=O) groups is 2. The van der Waals surface area contributed by atoms with E-state index in [1.54, 1.807) is 0 Å². The number of amides is 1. The second-order valence-electron chi connectivity index (χ2n) is 7.47. The van der Waals surface area contributed by atoms with Crippen molar-refractivity contribution in [3.8, 4) is 6.07 Å². The summed E-state index contributed by atoms with van der Waals surface area (Å²) in [5, 5.41) is 10.3. The van der Waals surface area contributed by atoms with Gasteiger partial charge < -0.3 is 10.6 Å². The normalized spacial score (nSPS) is 24.6. The third kappa shape index (κ3) is 3.53. The second-order valence-corrected chi connectivity index (χ2v) is 8.50. The monoisotopic (exact) mass is 397 g/mol. The SMILES string of the molecule is CN1/C(=C(\C#N)C(=O)CN2CCN(C3CC3)C(C(N)=O)C2)Sc2ccccc21. The van der Waals surface area contributed by atoms with E-state index in [1.807, 2.05) is 41.1 Å². The number of thioether (sulfide) groups is 1. The fourth-order valence-corrected chi connectivity index (χ4v) is 5.09. The van der Waals surface area contributed by atoms with Crippen LogP contribution in [-0.2, 0) is 9.59 Å². The molecule has 146 valence electrons. The van der Waals surface area contributed by atoms with Crippen molar-refractivity contribution in [2.75, 3.05) is 38.1 Å². The van der Waals surface area contributed by atoms with Gasteiger partial charge in [0.15, 0.2) is 5.78 Å². The average Bonchev–Trinajstić information content (AvgIpc) is 3.48. The molecule has 8 heteroatoms. The molecule has 0 bridgehead atoms. The molecule has 2 fully saturated rings. The van der Waals surface area contributed by atoms with Gasteiger partial charge in [-0.15, -0.1) is 0 Å². The van der Waals surface area contributed by atoms with Gasteiger partial charge >= 0.3 is 0 Å². The highest BCUT2D eigenvalue weighted by molar-refractivity contribution is 8.03. The number of para-hydroxylation sites is 1. The Balaban J connectivity index is 1.48. The number of anilines is 1. The summed E-state index contributed by atoms with van der Waals surface area (Å²) in [5.74, 6) is -0.558. The van der Waals surface area contributed by atoms with Crippen LogP contribution in [0, 0.1) is 11.3 Å². The van der Waals surface area contributed by atoms with Gasteiger partial charge in [-0.25, -0.2) is 0 Å². The van der Waals surface area contributed by atoms with E-state index in [-0.39, 0.29) is 29.9 Å². The first-order valence-corrected chi connectivity index (χ1v) is 10.3. The van der Waals surface area contributed by atoms with Crippen LogP contribution in [-0.4, -0.2) is 66.8 Å². The van der Waals surface area contributed by atoms with Crippen LogP contribution in [0.3, 0.4) is 0 Å². The highest BCUT2D eigenvalue weighted by Gasteiger charge is 2.40. The largest absolute Gasteiger partial charge is 0.368 e. The number of nitrogens with zero attached hydrogens (tertiary/aromatic N) is 4. The highest BCUT2D eigenvalue weighted by atomic mass is 32.2. The number of carbonyl (C=O) groups excluding carboxylic acids is 2. The minimum Gasteiger partial charge on any atom is -0.368 e. The molecular weight excluding hydrogens is 374 g/mol. The van der Waals surface area contributed by atoms with Gasteiger partial charge in [-0.3, -0.25) is 19.4 Å². The van der Waals surface area contributed by atoms with Gasteiger partial charge in [-0.05, 0) is 25.0 Å². The number of hydrogen-bond acceptors (Lipinski definition) is 7. The van der Waals surface area contributed by atoms with Crippen LogP contribution >= 0.6 is 11.8 Å². The van der Waals surface area contributed by atoms with E-state index < -0.39 is 0 Å². The number of nitriles is 1. The maximum Gasteiger partial charge on any atom is 0.236 e. The molecule has 2 heterocycles. The molecule has 1 aromatic carbocycles. The predicted octanol–water partition coefficient (Wildman–Crippen LogP) is 1.17. The lowest BCUT2D eigenvalue weighted by Gasteiger charge is -2.39. The lowest BCUT2D eigenvalue weighted by atomic mass is 10.1. The number of hydrogen-bond donors (Lipinski definition) is 1. The maximum atomic E-state index is 12.9. The van der Waals surface area contributed by atoms with Crippen LogP contribution in [0.5, 0.6) is 0 Å². The molecule has 1 aromatic rings. The summed E-state index contributed by atoms with van der Waals surface area (Å²) in [6.07, 6.45) is 2.22. The molecule has 1 amide bonds. The van der Waals surface area contributed by atoms with Crippen molar-refractivity contribution < 1.29 is 9.59 Å². The maximum absolute atomic E-state index is 12.9. The molecule has 1 aliphatic carbocycles. The number of benzene rings is 1. The van der Waals surface area contributed by atoms with Gasteiger partial charge in [-0.1, -0.05) is 23.9 Å². The van der Waals surface area contributed by atoms with E-state index in [9.17, 15) is 14.9 Å². The zero-order valence-corrected chi connectivity index (χ0v) is 16.6. The average molecular weight is 398 g/mol. The number of fused-ring (bicyclic) bond motifs is 1. The fourth-order valence-electron chi connectivity index (χ4n) is 3.93. The second kappa shape index (κ2) is 7.59. The molecule has 28 heavy (non-hydrogen) atoms. The quantitative estimate of drug-likeness (QED) is 0.589. The third-order valence-corrected chi connectivity index (χ3v) is 6.80. The number of ketones is 1. The van der Waals surface area contributed by atoms with Crippen LogP contribution in [0.1, 0.15) is 12.8 Å². The molecule has 1 saturated heterocycles. The Morgan fingerprint density at radius 2 is 2.04 bits per heavy atom. The van der Waals surface area contributed by atoms with E-state index in [2.05, 4.69) is 11.0 Å². The summed E-state index contributed by atoms with van der Waals surface area (Å²) in [7, 11) is 1.87. The molecule has 3 aliphatic rings. The minimum atomic E-state index is -0.361. The van der Waals surface area contributed by atoms with Crippen molar-refractivity contribution >= 4 is 29.1 Å². The third-order valence-electron chi connectivity index (χ3n) is 5.56. The van der Waals surface area contributed by atoms with Gasteiger partial charge in [-0.2, -0.15) is 5.26 Å². The minimum absolute atomic E-state index is 0.124. The Morgan fingerprint density at radius 3 is 2.68 bits per heavy atom. The zero-order valence-electron chi connectivity index (χ0n) is 15.8. The van der Waals surface area contributed by atoms with Crippen molar-refractivity contribution in [3.05, 3.63) is 34.9 Å². The topological polar surface area (TPSA) is 93.7 Å². The smallest absolute Gasteiger partial charge is 0.236 e. The summed E-state index contributed by atoms with van der Waals surface area (Å²) in [4.78, 5) is 31.9. The Kier molecular flexibility index (Phi) is 5.15. The molecule has 4 rings (SSSR count). The van der Waals surface area contributed by atoms with Crippen molar-refractivity contribution in [2.45, 2.75) is 29.8 Å². The summed E-state index contributed by atoms with van der Waals surface area (Å²) >= 11 is 1.45. The fraction of sp³-hybridized carbons (Fsp3) is 0.450. The van der Waals surface area contributed by atoms with E-state index >= 15 is 0 Å². The summed E-state index contributed by atoms with van der Waals surface area (Å²) in [6, 6.07) is 10.0. The molecule has 0 radical (unpaired) electrons. The van der Waals surface area contributed by atoms with Crippen LogP contribution in [0.25, 0.3) is 0 Å². The van der Waals surface area contributed by atoms with Crippen LogP contribution < -0.4 is 10.6 Å². The predicted molar refractivity (Wildman–Crippen MR) is 107 cm³/mol. The van der Waals surface area contributed by atoms with Crippen molar-refractivity contribution in [1.29, 1.82) is 5.26 Å². The Morgan fingerprint density at radius 1 is 1.29 bits per heavy atom. The van der Waals surface area contributed by atoms with E-state index in [0.29, 0.717) is 24.2 Å². The molecule has 1 unspecified atom stereocenters. The van der Waals surface area contributed by atoms with E-state index in [4.69, 9.17) is 5.73 Å². The van der Waals surface area contributed by atoms with Crippen molar-refractivity contribution in [1.82, 2.24) is 9.80 Å². The Bertz CT molecular complexity index is 889. The Hall–Kier alpha value is -2.34. The number of nitrogens with two attached hydrogens (primary N) is 1. The zero-order chi connectivity index (χ0) is 19.8. The molecule has 1 atom stereocenters. The molecular formula is C20H23N5O2S. The summed E-state index contributed by atoms with van der Waals surface area (Å²) < 4.78 is 0. The first-order valence-electron chi connectivity index (χ1n) is 9.45.